The highest BCUT2D eigenvalue weighted by atomic mass is 35.5. The highest BCUT2D eigenvalue weighted by Gasteiger charge is 2.08. The highest BCUT2D eigenvalue weighted by Crippen LogP contribution is 2.30. The summed E-state index contributed by atoms with van der Waals surface area (Å²) in [6.45, 7) is 0. The lowest BCUT2D eigenvalue weighted by molar-refractivity contribution is 0.415. The Hall–Kier alpha value is -2.46. The van der Waals surface area contributed by atoms with Crippen LogP contribution in [0, 0.1) is 0 Å². The van der Waals surface area contributed by atoms with E-state index in [-0.39, 0.29) is 5.88 Å². The van der Waals surface area contributed by atoms with Gasteiger partial charge in [-0.3, -0.25) is 4.99 Å². The highest BCUT2D eigenvalue weighted by molar-refractivity contribution is 6.32. The first-order valence-electron chi connectivity index (χ1n) is 6.36. The van der Waals surface area contributed by atoms with E-state index in [4.69, 9.17) is 16.3 Å². The summed E-state index contributed by atoms with van der Waals surface area (Å²) in [6.07, 6.45) is 1.62. The van der Waals surface area contributed by atoms with Gasteiger partial charge in [0.25, 0.3) is 0 Å². The monoisotopic (exact) mass is 300 g/mol. The number of nitrogens with one attached hydrogen (secondary N) is 1. The van der Waals surface area contributed by atoms with Gasteiger partial charge in [0, 0.05) is 17.1 Å². The van der Waals surface area contributed by atoms with Crippen LogP contribution in [0.2, 0.25) is 5.02 Å². The zero-order valence-electron chi connectivity index (χ0n) is 11.3. The number of benzene rings is 2. The van der Waals surface area contributed by atoms with Gasteiger partial charge in [-0.1, -0.05) is 29.8 Å². The number of aromatic amines is 1. The molecule has 0 spiro atoms. The van der Waals surface area contributed by atoms with Crippen molar-refractivity contribution in [2.45, 2.75) is 0 Å². The van der Waals surface area contributed by atoms with E-state index < -0.39 is 0 Å². The summed E-state index contributed by atoms with van der Waals surface area (Å²) in [5.74, 6) is 0.699. The second-order valence-electron chi connectivity index (χ2n) is 4.51. The number of para-hydroxylation sites is 1. The number of methoxy groups -OCH3 is 1. The van der Waals surface area contributed by atoms with E-state index in [2.05, 4.69) is 9.98 Å². The maximum atomic E-state index is 9.96. The molecule has 21 heavy (non-hydrogen) atoms. The molecule has 0 aliphatic carbocycles. The molecule has 1 heterocycles. The van der Waals surface area contributed by atoms with Gasteiger partial charge in [0.2, 0.25) is 0 Å². The van der Waals surface area contributed by atoms with Gasteiger partial charge in [0.1, 0.15) is 5.75 Å². The van der Waals surface area contributed by atoms with Gasteiger partial charge in [-0.2, -0.15) is 0 Å². The first kappa shape index (κ1) is 13.5. The van der Waals surface area contributed by atoms with Crippen LogP contribution in [0.3, 0.4) is 0 Å². The molecule has 5 heteroatoms. The quantitative estimate of drug-likeness (QED) is 0.709. The molecule has 3 aromatic rings. The molecule has 0 bridgehead atoms. The smallest absolute Gasteiger partial charge is 0.198 e. The minimum absolute atomic E-state index is 0.0968. The van der Waals surface area contributed by atoms with Crippen LogP contribution in [0.4, 0.5) is 5.69 Å². The molecule has 4 nitrogen and oxygen atoms in total. The molecular formula is C16H13ClN2O2. The molecule has 2 N–H and O–H groups in total. The van der Waals surface area contributed by atoms with E-state index in [9.17, 15) is 5.11 Å². The van der Waals surface area contributed by atoms with Crippen molar-refractivity contribution in [2.24, 2.45) is 4.99 Å². The first-order valence-corrected chi connectivity index (χ1v) is 6.74. The Morgan fingerprint density at radius 1 is 1.24 bits per heavy atom. The van der Waals surface area contributed by atoms with Crippen LogP contribution in [-0.2, 0) is 0 Å². The molecular weight excluding hydrogens is 288 g/mol. The number of aliphatic imine (C=N–C) groups is 1. The minimum atomic E-state index is 0.0968. The third-order valence-electron chi connectivity index (χ3n) is 3.20. The predicted octanol–water partition coefficient (Wildman–Crippen LogP) is 4.29. The van der Waals surface area contributed by atoms with Gasteiger partial charge < -0.3 is 14.8 Å². The zero-order valence-corrected chi connectivity index (χ0v) is 12.1. The molecule has 2 aromatic carbocycles. The lowest BCUT2D eigenvalue weighted by atomic mass is 10.2. The Bertz CT molecular complexity index is 824. The van der Waals surface area contributed by atoms with Gasteiger partial charge in [0.15, 0.2) is 5.88 Å². The molecule has 0 amide bonds. The Morgan fingerprint density at radius 3 is 2.81 bits per heavy atom. The van der Waals surface area contributed by atoms with Crippen molar-refractivity contribution in [3.63, 3.8) is 0 Å². The van der Waals surface area contributed by atoms with E-state index in [1.54, 1.807) is 31.5 Å². The number of aromatic hydroxyl groups is 1. The summed E-state index contributed by atoms with van der Waals surface area (Å²) >= 11 is 6.06. The summed E-state index contributed by atoms with van der Waals surface area (Å²) in [4.78, 5) is 7.26. The van der Waals surface area contributed by atoms with Crippen LogP contribution < -0.4 is 4.74 Å². The van der Waals surface area contributed by atoms with Crippen molar-refractivity contribution in [2.75, 3.05) is 7.11 Å². The summed E-state index contributed by atoms with van der Waals surface area (Å²) in [6, 6.07) is 12.9. The Morgan fingerprint density at radius 2 is 2.05 bits per heavy atom. The Balaban J connectivity index is 1.98. The van der Waals surface area contributed by atoms with Crippen LogP contribution in [0.1, 0.15) is 5.56 Å². The van der Waals surface area contributed by atoms with Crippen molar-refractivity contribution in [1.29, 1.82) is 0 Å². The van der Waals surface area contributed by atoms with Crippen LogP contribution in [0.15, 0.2) is 47.5 Å². The van der Waals surface area contributed by atoms with Gasteiger partial charge in [-0.15, -0.1) is 0 Å². The molecule has 0 aliphatic heterocycles. The number of nitrogens with zero attached hydrogens (tertiary/aromatic N) is 1. The number of H-pyrrole nitrogens is 1. The normalized spacial score (nSPS) is 11.3. The lowest BCUT2D eigenvalue weighted by Gasteiger charge is -2.02. The first-order chi connectivity index (χ1) is 10.2. The van der Waals surface area contributed by atoms with Crippen LogP contribution in [0.5, 0.6) is 11.6 Å². The number of halogens is 1. The fourth-order valence-corrected chi connectivity index (χ4v) is 2.41. The van der Waals surface area contributed by atoms with Crippen LogP contribution in [-0.4, -0.2) is 23.4 Å². The lowest BCUT2D eigenvalue weighted by Crippen LogP contribution is -1.83. The number of ether oxygens (including phenoxy) is 1. The molecule has 0 radical (unpaired) electrons. The maximum absolute atomic E-state index is 9.96. The van der Waals surface area contributed by atoms with Crippen LogP contribution >= 0.6 is 11.6 Å². The maximum Gasteiger partial charge on any atom is 0.198 e. The summed E-state index contributed by atoms with van der Waals surface area (Å²) in [5.41, 5.74) is 2.20. The fourth-order valence-electron chi connectivity index (χ4n) is 2.15. The molecule has 0 saturated heterocycles. The largest absolute Gasteiger partial charge is 0.495 e. The molecule has 1 aromatic heterocycles. The zero-order chi connectivity index (χ0) is 14.8. The van der Waals surface area contributed by atoms with E-state index in [0.29, 0.717) is 22.0 Å². The Labute approximate surface area is 126 Å². The van der Waals surface area contributed by atoms with E-state index in [1.165, 1.54) is 0 Å². The average Bonchev–Trinajstić information content (AvgIpc) is 2.81. The van der Waals surface area contributed by atoms with Gasteiger partial charge >= 0.3 is 0 Å². The molecule has 3 rings (SSSR count). The van der Waals surface area contributed by atoms with E-state index in [1.807, 2.05) is 24.3 Å². The molecule has 0 atom stereocenters. The minimum Gasteiger partial charge on any atom is -0.495 e. The van der Waals surface area contributed by atoms with Crippen molar-refractivity contribution >= 4 is 34.4 Å². The average molecular weight is 301 g/mol. The number of hydrogen-bond acceptors (Lipinski definition) is 3. The Kier molecular flexibility index (Phi) is 3.54. The molecule has 0 fully saturated rings. The molecule has 106 valence electrons. The van der Waals surface area contributed by atoms with E-state index >= 15 is 0 Å². The summed E-state index contributed by atoms with van der Waals surface area (Å²) in [5, 5.41) is 11.4. The fraction of sp³-hybridized carbons (Fsp3) is 0.0625. The number of fused-ring (bicyclic) bond motifs is 1. The van der Waals surface area contributed by atoms with Crippen LogP contribution in [0.25, 0.3) is 10.9 Å². The molecule has 0 unspecified atom stereocenters. The van der Waals surface area contributed by atoms with Crippen molar-refractivity contribution in [1.82, 2.24) is 4.98 Å². The third kappa shape index (κ3) is 2.58. The summed E-state index contributed by atoms with van der Waals surface area (Å²) < 4.78 is 5.10. The molecule has 0 saturated carbocycles. The summed E-state index contributed by atoms with van der Waals surface area (Å²) in [7, 11) is 1.56. The van der Waals surface area contributed by atoms with Gasteiger partial charge in [-0.05, 0) is 24.3 Å². The second-order valence-corrected chi connectivity index (χ2v) is 4.92. The van der Waals surface area contributed by atoms with Gasteiger partial charge in [-0.25, -0.2) is 0 Å². The SMILES string of the molecule is COc1ccc(N=Cc2c(O)[nH]c3ccccc23)cc1Cl. The van der Waals surface area contributed by atoms with Crippen molar-refractivity contribution in [3.05, 3.63) is 53.1 Å². The second kappa shape index (κ2) is 5.50. The van der Waals surface area contributed by atoms with Crippen molar-refractivity contribution in [3.8, 4) is 11.6 Å². The van der Waals surface area contributed by atoms with Gasteiger partial charge in [0.05, 0.1) is 23.4 Å². The number of rotatable bonds is 3. The predicted molar refractivity (Wildman–Crippen MR) is 85.2 cm³/mol. The van der Waals surface area contributed by atoms with Crippen molar-refractivity contribution < 1.29 is 9.84 Å². The standard InChI is InChI=1S/C16H13ClN2O2/c1-21-15-7-6-10(8-13(15)17)18-9-12-11-4-2-3-5-14(11)19-16(12)20/h2-9,19-20H,1H3. The third-order valence-corrected chi connectivity index (χ3v) is 3.50. The topological polar surface area (TPSA) is 57.6 Å². The number of aromatic nitrogens is 1. The molecule has 0 aliphatic rings. The van der Waals surface area contributed by atoms with E-state index in [0.717, 1.165) is 10.9 Å². The number of hydrogen-bond donors (Lipinski definition) is 2.